The molecule has 1 saturated heterocycles. The SMILES string of the molecule is C=C(C)CCN1CCC(CCN)CC1. The summed E-state index contributed by atoms with van der Waals surface area (Å²) < 4.78 is 0. The first-order chi connectivity index (χ1) is 6.72. The molecule has 1 rings (SSSR count). The minimum atomic E-state index is 0.858. The van der Waals surface area contributed by atoms with Gasteiger partial charge in [0, 0.05) is 6.54 Å². The Balaban J connectivity index is 2.12. The molecule has 0 amide bonds. The van der Waals surface area contributed by atoms with E-state index in [9.17, 15) is 0 Å². The summed E-state index contributed by atoms with van der Waals surface area (Å²) in [5.74, 6) is 0.890. The van der Waals surface area contributed by atoms with E-state index in [1.54, 1.807) is 0 Å². The molecule has 82 valence electrons. The predicted octanol–water partition coefficient (Wildman–Crippen LogP) is 2.01. The highest BCUT2D eigenvalue weighted by Gasteiger charge is 2.17. The molecule has 0 unspecified atom stereocenters. The lowest BCUT2D eigenvalue weighted by atomic mass is 9.93. The van der Waals surface area contributed by atoms with Gasteiger partial charge in [-0.25, -0.2) is 0 Å². The van der Waals surface area contributed by atoms with Gasteiger partial charge in [0.2, 0.25) is 0 Å². The third-order valence-electron chi connectivity index (χ3n) is 3.14. The Morgan fingerprint density at radius 3 is 2.57 bits per heavy atom. The van der Waals surface area contributed by atoms with E-state index in [-0.39, 0.29) is 0 Å². The number of hydrogen-bond donors (Lipinski definition) is 1. The highest BCUT2D eigenvalue weighted by atomic mass is 15.1. The Bertz CT molecular complexity index is 169. The molecule has 0 atom stereocenters. The Kier molecular flexibility index (Phi) is 5.20. The summed E-state index contributed by atoms with van der Waals surface area (Å²) in [6, 6.07) is 0. The summed E-state index contributed by atoms with van der Waals surface area (Å²) in [6.45, 7) is 10.6. The number of hydrogen-bond acceptors (Lipinski definition) is 2. The molecule has 0 aromatic carbocycles. The fourth-order valence-corrected chi connectivity index (χ4v) is 2.08. The van der Waals surface area contributed by atoms with Gasteiger partial charge in [0.25, 0.3) is 0 Å². The third-order valence-corrected chi connectivity index (χ3v) is 3.14. The van der Waals surface area contributed by atoms with Crippen LogP contribution >= 0.6 is 0 Å². The predicted molar refractivity (Wildman–Crippen MR) is 62.3 cm³/mol. The first kappa shape index (κ1) is 11.7. The molecular formula is C12H24N2. The first-order valence-electron chi connectivity index (χ1n) is 5.79. The second kappa shape index (κ2) is 6.20. The summed E-state index contributed by atoms with van der Waals surface area (Å²) in [5.41, 5.74) is 6.87. The zero-order chi connectivity index (χ0) is 10.4. The van der Waals surface area contributed by atoms with Crippen molar-refractivity contribution in [3.63, 3.8) is 0 Å². The highest BCUT2D eigenvalue weighted by molar-refractivity contribution is 4.89. The molecule has 1 aliphatic heterocycles. The van der Waals surface area contributed by atoms with Crippen LogP contribution in [-0.4, -0.2) is 31.1 Å². The van der Waals surface area contributed by atoms with Crippen molar-refractivity contribution in [3.05, 3.63) is 12.2 Å². The number of piperidine rings is 1. The van der Waals surface area contributed by atoms with Gasteiger partial charge in [-0.3, -0.25) is 0 Å². The minimum Gasteiger partial charge on any atom is -0.330 e. The lowest BCUT2D eigenvalue weighted by molar-refractivity contribution is 0.182. The van der Waals surface area contributed by atoms with Crippen molar-refractivity contribution >= 4 is 0 Å². The van der Waals surface area contributed by atoms with Crippen molar-refractivity contribution in [3.8, 4) is 0 Å². The van der Waals surface area contributed by atoms with Crippen LogP contribution in [0.5, 0.6) is 0 Å². The minimum absolute atomic E-state index is 0.858. The second-order valence-electron chi connectivity index (χ2n) is 4.57. The lowest BCUT2D eigenvalue weighted by Crippen LogP contribution is -2.35. The van der Waals surface area contributed by atoms with Gasteiger partial charge in [0.1, 0.15) is 0 Å². The van der Waals surface area contributed by atoms with Crippen LogP contribution in [0.3, 0.4) is 0 Å². The van der Waals surface area contributed by atoms with Gasteiger partial charge in [0.15, 0.2) is 0 Å². The maximum atomic E-state index is 5.57. The van der Waals surface area contributed by atoms with Crippen LogP contribution in [0.4, 0.5) is 0 Å². The van der Waals surface area contributed by atoms with Crippen LogP contribution in [0.1, 0.15) is 32.6 Å². The Labute approximate surface area is 88.2 Å². The van der Waals surface area contributed by atoms with Crippen molar-refractivity contribution in [2.24, 2.45) is 11.7 Å². The average molecular weight is 196 g/mol. The van der Waals surface area contributed by atoms with Crippen molar-refractivity contribution in [1.29, 1.82) is 0 Å². The maximum Gasteiger partial charge on any atom is 0.00184 e. The molecule has 1 heterocycles. The van der Waals surface area contributed by atoms with Crippen molar-refractivity contribution in [2.75, 3.05) is 26.2 Å². The van der Waals surface area contributed by atoms with E-state index in [0.717, 1.165) is 18.9 Å². The van der Waals surface area contributed by atoms with Gasteiger partial charge in [-0.2, -0.15) is 0 Å². The van der Waals surface area contributed by atoms with Crippen LogP contribution in [0, 0.1) is 5.92 Å². The van der Waals surface area contributed by atoms with Gasteiger partial charge in [-0.1, -0.05) is 5.57 Å². The van der Waals surface area contributed by atoms with E-state index in [1.165, 1.54) is 44.5 Å². The van der Waals surface area contributed by atoms with Gasteiger partial charge >= 0.3 is 0 Å². The summed E-state index contributed by atoms with van der Waals surface area (Å²) in [6.07, 6.45) is 5.05. The Hall–Kier alpha value is -0.340. The molecule has 2 nitrogen and oxygen atoms in total. The number of nitrogens with zero attached hydrogens (tertiary/aromatic N) is 1. The first-order valence-corrected chi connectivity index (χ1v) is 5.79. The fraction of sp³-hybridized carbons (Fsp3) is 0.833. The summed E-state index contributed by atoms with van der Waals surface area (Å²) in [4.78, 5) is 2.56. The summed E-state index contributed by atoms with van der Waals surface area (Å²) in [5, 5.41) is 0. The van der Waals surface area contributed by atoms with Gasteiger partial charge in [-0.05, 0) is 58.2 Å². The van der Waals surface area contributed by atoms with E-state index >= 15 is 0 Å². The lowest BCUT2D eigenvalue weighted by Gasteiger charge is -2.31. The molecule has 1 aliphatic rings. The van der Waals surface area contributed by atoms with Crippen LogP contribution in [-0.2, 0) is 0 Å². The second-order valence-corrected chi connectivity index (χ2v) is 4.57. The Morgan fingerprint density at radius 2 is 2.07 bits per heavy atom. The van der Waals surface area contributed by atoms with Crippen LogP contribution < -0.4 is 5.73 Å². The molecule has 2 N–H and O–H groups in total. The molecule has 2 heteroatoms. The molecule has 0 radical (unpaired) electrons. The number of likely N-dealkylation sites (tertiary alicyclic amines) is 1. The zero-order valence-electron chi connectivity index (χ0n) is 9.47. The van der Waals surface area contributed by atoms with Crippen molar-refractivity contribution < 1.29 is 0 Å². The molecule has 14 heavy (non-hydrogen) atoms. The highest BCUT2D eigenvalue weighted by Crippen LogP contribution is 2.20. The quantitative estimate of drug-likeness (QED) is 0.682. The maximum absolute atomic E-state index is 5.57. The van der Waals surface area contributed by atoms with E-state index in [2.05, 4.69) is 18.4 Å². The Morgan fingerprint density at radius 1 is 1.43 bits per heavy atom. The molecule has 0 aromatic rings. The number of rotatable bonds is 5. The topological polar surface area (TPSA) is 29.3 Å². The smallest absolute Gasteiger partial charge is 0.00184 e. The summed E-state index contributed by atoms with van der Waals surface area (Å²) in [7, 11) is 0. The van der Waals surface area contributed by atoms with Crippen LogP contribution in [0.2, 0.25) is 0 Å². The van der Waals surface area contributed by atoms with E-state index in [4.69, 9.17) is 5.73 Å². The third kappa shape index (κ3) is 4.25. The average Bonchev–Trinajstić information content (AvgIpc) is 2.17. The molecule has 0 bridgehead atoms. The van der Waals surface area contributed by atoms with E-state index in [1.807, 2.05) is 0 Å². The molecule has 1 fully saturated rings. The van der Waals surface area contributed by atoms with Crippen LogP contribution in [0.15, 0.2) is 12.2 Å². The molecular weight excluding hydrogens is 172 g/mol. The van der Waals surface area contributed by atoms with Crippen LogP contribution in [0.25, 0.3) is 0 Å². The molecule has 0 aliphatic carbocycles. The van der Waals surface area contributed by atoms with E-state index < -0.39 is 0 Å². The fourth-order valence-electron chi connectivity index (χ4n) is 2.08. The van der Waals surface area contributed by atoms with Crippen molar-refractivity contribution in [2.45, 2.75) is 32.6 Å². The largest absolute Gasteiger partial charge is 0.330 e. The molecule has 0 saturated carbocycles. The monoisotopic (exact) mass is 196 g/mol. The normalized spacial score (nSPS) is 19.9. The zero-order valence-corrected chi connectivity index (χ0v) is 9.47. The standard InChI is InChI=1S/C12H24N2/c1-11(2)4-8-14-9-5-12(3-7-13)6-10-14/h12H,1,3-10,13H2,2H3. The van der Waals surface area contributed by atoms with E-state index in [0.29, 0.717) is 0 Å². The molecule has 0 aromatic heterocycles. The van der Waals surface area contributed by atoms with Gasteiger partial charge < -0.3 is 10.6 Å². The molecule has 0 spiro atoms. The number of nitrogens with two attached hydrogens (primary N) is 1. The van der Waals surface area contributed by atoms with Gasteiger partial charge in [-0.15, -0.1) is 6.58 Å². The van der Waals surface area contributed by atoms with Crippen molar-refractivity contribution in [1.82, 2.24) is 4.90 Å². The summed E-state index contributed by atoms with van der Waals surface area (Å²) >= 11 is 0. The van der Waals surface area contributed by atoms with Gasteiger partial charge in [0.05, 0.1) is 0 Å².